The summed E-state index contributed by atoms with van der Waals surface area (Å²) in [6.45, 7) is 0. The average molecular weight is 519 g/mol. The van der Waals surface area contributed by atoms with E-state index in [4.69, 9.17) is 9.97 Å². The van der Waals surface area contributed by atoms with E-state index in [2.05, 4.69) is 82.8 Å². The lowest BCUT2D eigenvalue weighted by Gasteiger charge is -2.10. The van der Waals surface area contributed by atoms with Gasteiger partial charge in [-0.3, -0.25) is 0 Å². The molecule has 4 aliphatic carbocycles. The van der Waals surface area contributed by atoms with Crippen LogP contribution in [-0.4, -0.2) is 19.9 Å². The number of H-pyrrole nitrogens is 2. The second-order valence-corrected chi connectivity index (χ2v) is 11.6. The van der Waals surface area contributed by atoms with Crippen LogP contribution in [0.1, 0.15) is 70.7 Å². The SMILES string of the molecule is C1=CCC2=C(C1)c1cc3nc(cc4[nH]c(cc5[nH]c(cc2n1)c1c5CC=CC1)c1c4CC=CC1)C1=C3CC=CC1. The summed E-state index contributed by atoms with van der Waals surface area (Å²) in [5.74, 6) is 0. The van der Waals surface area contributed by atoms with Crippen molar-refractivity contribution >= 4 is 44.4 Å². The number of allylic oxidation sites excluding steroid dienone is 12. The standard InChI is InChI=1S/C36H30N4/c1-2-10-22-21(9-1)29-17-31-23-11-3-4-12-24(23)33(38-31)19-35-27-15-7-8-16-28(27)36(40-35)20-34-26-14-6-5-13-25(26)32(39-34)18-30(22)37-29/h1-8,17-20,37-38H,9-16H2. The molecule has 3 aromatic heterocycles. The van der Waals surface area contributed by atoms with E-state index in [-0.39, 0.29) is 0 Å². The van der Waals surface area contributed by atoms with Crippen LogP contribution in [0.15, 0.2) is 72.9 Å². The summed E-state index contributed by atoms with van der Waals surface area (Å²) < 4.78 is 0. The van der Waals surface area contributed by atoms with Gasteiger partial charge in [0.05, 0.1) is 22.8 Å². The first-order chi connectivity index (χ1) is 19.8. The van der Waals surface area contributed by atoms with Crippen LogP contribution in [0, 0.1) is 0 Å². The van der Waals surface area contributed by atoms with Gasteiger partial charge < -0.3 is 9.97 Å². The molecule has 4 heteroatoms. The monoisotopic (exact) mass is 518 g/mol. The summed E-state index contributed by atoms with van der Waals surface area (Å²) >= 11 is 0. The van der Waals surface area contributed by atoms with E-state index < -0.39 is 0 Å². The Morgan fingerprint density at radius 3 is 1.02 bits per heavy atom. The van der Waals surface area contributed by atoms with Gasteiger partial charge >= 0.3 is 0 Å². The van der Waals surface area contributed by atoms with Crippen LogP contribution >= 0.6 is 0 Å². The van der Waals surface area contributed by atoms with E-state index in [1.54, 1.807) is 0 Å². The number of fused-ring (bicyclic) bond motifs is 18. The summed E-state index contributed by atoms with van der Waals surface area (Å²) in [6, 6.07) is 9.24. The molecule has 0 unspecified atom stereocenters. The van der Waals surface area contributed by atoms with Crippen molar-refractivity contribution in [1.29, 1.82) is 0 Å². The van der Waals surface area contributed by atoms with E-state index in [0.29, 0.717) is 0 Å². The maximum atomic E-state index is 5.28. The Morgan fingerprint density at radius 1 is 0.350 bits per heavy atom. The molecule has 0 saturated carbocycles. The van der Waals surface area contributed by atoms with Crippen molar-refractivity contribution in [2.75, 3.05) is 0 Å². The van der Waals surface area contributed by atoms with Gasteiger partial charge in [0.1, 0.15) is 0 Å². The molecule has 2 aliphatic heterocycles. The first-order valence-electron chi connectivity index (χ1n) is 14.6. The Hall–Kier alpha value is -4.44. The fourth-order valence-electron chi connectivity index (χ4n) is 7.36. The predicted molar refractivity (Wildman–Crippen MR) is 164 cm³/mol. The second-order valence-electron chi connectivity index (χ2n) is 11.6. The third-order valence-electron chi connectivity index (χ3n) is 9.38. The normalized spacial score (nSPS) is 18.6. The third-order valence-corrected chi connectivity index (χ3v) is 9.38. The van der Waals surface area contributed by atoms with E-state index in [1.165, 1.54) is 66.6 Å². The van der Waals surface area contributed by atoms with E-state index in [9.17, 15) is 0 Å². The van der Waals surface area contributed by atoms with Gasteiger partial charge in [-0.1, -0.05) is 48.6 Å². The van der Waals surface area contributed by atoms with Gasteiger partial charge in [0.15, 0.2) is 0 Å². The molecule has 6 aliphatic rings. The summed E-state index contributed by atoms with van der Waals surface area (Å²) in [4.78, 5) is 18.2. The molecule has 40 heavy (non-hydrogen) atoms. The van der Waals surface area contributed by atoms with Crippen molar-refractivity contribution in [3.63, 3.8) is 0 Å². The van der Waals surface area contributed by atoms with Gasteiger partial charge in [-0.05, 0) is 120 Å². The predicted octanol–water partition coefficient (Wildman–Crippen LogP) is 8.15. The zero-order chi connectivity index (χ0) is 26.2. The second kappa shape index (κ2) is 8.53. The Kier molecular flexibility index (Phi) is 4.77. The van der Waals surface area contributed by atoms with Crippen LogP contribution in [0.2, 0.25) is 0 Å². The Labute approximate surface area is 233 Å². The van der Waals surface area contributed by atoms with E-state index in [0.717, 1.165) is 74.1 Å². The molecule has 5 heterocycles. The summed E-state index contributed by atoms with van der Waals surface area (Å²) in [6.07, 6.45) is 25.9. The van der Waals surface area contributed by atoms with Crippen LogP contribution < -0.4 is 0 Å². The van der Waals surface area contributed by atoms with Crippen molar-refractivity contribution in [1.82, 2.24) is 19.9 Å². The number of aromatic nitrogens is 4. The molecule has 0 aromatic carbocycles. The molecule has 0 atom stereocenters. The molecule has 3 aromatic rings. The number of nitrogens with one attached hydrogen (secondary N) is 2. The molecule has 0 spiro atoms. The molecule has 2 N–H and O–H groups in total. The Bertz CT molecular complexity index is 1860. The quantitative estimate of drug-likeness (QED) is 0.295. The zero-order valence-electron chi connectivity index (χ0n) is 22.5. The largest absolute Gasteiger partial charge is 0.355 e. The minimum absolute atomic E-state index is 0.930. The minimum Gasteiger partial charge on any atom is -0.355 e. The van der Waals surface area contributed by atoms with Crippen LogP contribution in [0.25, 0.3) is 44.4 Å². The van der Waals surface area contributed by atoms with Gasteiger partial charge in [-0.25, -0.2) is 9.97 Å². The molecule has 0 radical (unpaired) electrons. The van der Waals surface area contributed by atoms with Gasteiger partial charge in [0.25, 0.3) is 0 Å². The molecular formula is C36H30N4. The summed E-state index contributed by atoms with van der Waals surface area (Å²) in [5, 5.41) is 0. The number of rotatable bonds is 0. The molecule has 0 saturated heterocycles. The lowest BCUT2D eigenvalue weighted by Crippen LogP contribution is -1.94. The van der Waals surface area contributed by atoms with Crippen LogP contribution in [0.3, 0.4) is 0 Å². The van der Waals surface area contributed by atoms with Crippen LogP contribution in [-0.2, 0) is 25.7 Å². The lowest BCUT2D eigenvalue weighted by atomic mass is 9.92. The maximum absolute atomic E-state index is 5.28. The van der Waals surface area contributed by atoms with Gasteiger partial charge in [0, 0.05) is 22.1 Å². The molecule has 8 bridgehead atoms. The number of hydrogen-bond acceptors (Lipinski definition) is 2. The highest BCUT2D eigenvalue weighted by molar-refractivity contribution is 5.98. The van der Waals surface area contributed by atoms with Crippen LogP contribution in [0.5, 0.6) is 0 Å². The van der Waals surface area contributed by atoms with E-state index in [1.807, 2.05) is 0 Å². The van der Waals surface area contributed by atoms with Crippen molar-refractivity contribution in [3.05, 3.63) is 118 Å². The fraction of sp³-hybridized carbons (Fsp3) is 0.222. The first-order valence-corrected chi connectivity index (χ1v) is 14.6. The van der Waals surface area contributed by atoms with Gasteiger partial charge in [-0.15, -0.1) is 0 Å². The molecular weight excluding hydrogens is 488 g/mol. The third kappa shape index (κ3) is 3.32. The van der Waals surface area contributed by atoms with Crippen molar-refractivity contribution in [2.45, 2.75) is 51.4 Å². The Balaban J connectivity index is 1.42. The molecule has 0 amide bonds. The lowest BCUT2D eigenvalue weighted by molar-refractivity contribution is 1.13. The zero-order valence-corrected chi connectivity index (χ0v) is 22.5. The topological polar surface area (TPSA) is 57.4 Å². The minimum atomic E-state index is 0.930. The summed E-state index contributed by atoms with van der Waals surface area (Å²) in [5.41, 5.74) is 20.2. The molecule has 4 nitrogen and oxygen atoms in total. The number of nitrogens with zero attached hydrogens (tertiary/aromatic N) is 2. The molecule has 9 rings (SSSR count). The molecule has 194 valence electrons. The van der Waals surface area contributed by atoms with Gasteiger partial charge in [-0.2, -0.15) is 0 Å². The highest BCUT2D eigenvalue weighted by Gasteiger charge is 2.25. The molecule has 0 fully saturated rings. The number of hydrogen-bond donors (Lipinski definition) is 2. The highest BCUT2D eigenvalue weighted by Crippen LogP contribution is 2.42. The van der Waals surface area contributed by atoms with Crippen molar-refractivity contribution in [3.8, 4) is 0 Å². The van der Waals surface area contributed by atoms with Crippen molar-refractivity contribution < 1.29 is 0 Å². The summed E-state index contributed by atoms with van der Waals surface area (Å²) in [7, 11) is 0. The van der Waals surface area contributed by atoms with Gasteiger partial charge in [0.2, 0.25) is 0 Å². The van der Waals surface area contributed by atoms with E-state index >= 15 is 0 Å². The maximum Gasteiger partial charge on any atom is 0.0697 e. The average Bonchev–Trinajstić information content (AvgIpc) is 3.73. The fourth-order valence-corrected chi connectivity index (χ4v) is 7.36. The smallest absolute Gasteiger partial charge is 0.0697 e. The number of aromatic amines is 2. The Morgan fingerprint density at radius 2 is 0.650 bits per heavy atom. The van der Waals surface area contributed by atoms with Crippen LogP contribution in [0.4, 0.5) is 0 Å². The highest BCUT2D eigenvalue weighted by atomic mass is 14.8. The van der Waals surface area contributed by atoms with Crippen molar-refractivity contribution in [2.24, 2.45) is 0 Å². The first kappa shape index (κ1) is 22.4.